The van der Waals surface area contributed by atoms with Crippen LogP contribution in [0.25, 0.3) is 0 Å². The largest absolute Gasteiger partial charge is 0.393 e. The van der Waals surface area contributed by atoms with Gasteiger partial charge in [-0.1, -0.05) is 52.8 Å². The highest BCUT2D eigenvalue weighted by Gasteiger charge is 2.32. The van der Waals surface area contributed by atoms with Crippen LogP contribution in [-0.2, 0) is 4.79 Å². The van der Waals surface area contributed by atoms with Gasteiger partial charge in [0.15, 0.2) is 0 Å². The number of nitrogens with two attached hydrogens (primary N) is 1. The molecule has 1 aliphatic carbocycles. The fourth-order valence-electron chi connectivity index (χ4n) is 3.17. The summed E-state index contributed by atoms with van der Waals surface area (Å²) in [4.78, 5) is 12.7. The molecular formula is C15H28N2OS. The summed E-state index contributed by atoms with van der Waals surface area (Å²) in [6.45, 7) is 8.46. The van der Waals surface area contributed by atoms with Crippen LogP contribution in [0, 0.1) is 23.7 Å². The van der Waals surface area contributed by atoms with Gasteiger partial charge in [0.1, 0.15) is 0 Å². The van der Waals surface area contributed by atoms with Gasteiger partial charge in [-0.3, -0.25) is 4.79 Å². The molecule has 0 radical (unpaired) electrons. The average molecular weight is 284 g/mol. The molecular weight excluding hydrogens is 256 g/mol. The summed E-state index contributed by atoms with van der Waals surface area (Å²) in [5, 5.41) is 3.21. The van der Waals surface area contributed by atoms with Crippen LogP contribution in [0.3, 0.4) is 0 Å². The molecule has 1 saturated carbocycles. The zero-order chi connectivity index (χ0) is 14.6. The Bertz CT molecular complexity index is 328. The Hall–Kier alpha value is -0.640. The maximum atomic E-state index is 12.4. The average Bonchev–Trinajstić information content (AvgIpc) is 2.27. The van der Waals surface area contributed by atoms with Crippen LogP contribution in [0.4, 0.5) is 0 Å². The van der Waals surface area contributed by atoms with E-state index < -0.39 is 0 Å². The monoisotopic (exact) mass is 284 g/mol. The summed E-state index contributed by atoms with van der Waals surface area (Å²) in [5.41, 5.74) is 5.71. The zero-order valence-corrected chi connectivity index (χ0v) is 13.4. The van der Waals surface area contributed by atoms with Gasteiger partial charge in [0.25, 0.3) is 0 Å². The summed E-state index contributed by atoms with van der Waals surface area (Å²) >= 11 is 5.04. The molecule has 19 heavy (non-hydrogen) atoms. The van der Waals surface area contributed by atoms with E-state index in [-0.39, 0.29) is 23.8 Å². The second-order valence-corrected chi connectivity index (χ2v) is 6.90. The lowest BCUT2D eigenvalue weighted by Gasteiger charge is -2.36. The van der Waals surface area contributed by atoms with Crippen molar-refractivity contribution in [3.63, 3.8) is 0 Å². The minimum Gasteiger partial charge on any atom is -0.393 e. The summed E-state index contributed by atoms with van der Waals surface area (Å²) in [6, 6.07) is 0.289. The molecule has 3 unspecified atom stereocenters. The molecule has 3 atom stereocenters. The van der Waals surface area contributed by atoms with Gasteiger partial charge in [0, 0.05) is 6.04 Å². The minimum atomic E-state index is -0.343. The topological polar surface area (TPSA) is 55.1 Å². The van der Waals surface area contributed by atoms with E-state index in [1.807, 2.05) is 13.8 Å². The summed E-state index contributed by atoms with van der Waals surface area (Å²) < 4.78 is 0. The maximum Gasteiger partial charge on any atom is 0.230 e. The predicted octanol–water partition coefficient (Wildman–Crippen LogP) is 2.88. The van der Waals surface area contributed by atoms with E-state index in [0.717, 1.165) is 6.42 Å². The van der Waals surface area contributed by atoms with Crippen LogP contribution in [-0.4, -0.2) is 16.9 Å². The first kappa shape index (κ1) is 16.4. The molecule has 0 bridgehead atoms. The van der Waals surface area contributed by atoms with E-state index in [0.29, 0.717) is 16.8 Å². The summed E-state index contributed by atoms with van der Waals surface area (Å²) in [5.74, 6) is 1.01. The van der Waals surface area contributed by atoms with Gasteiger partial charge in [-0.05, 0) is 30.6 Å². The molecule has 1 aliphatic rings. The highest BCUT2D eigenvalue weighted by Crippen LogP contribution is 2.30. The lowest BCUT2D eigenvalue weighted by atomic mass is 9.77. The molecule has 4 heteroatoms. The fraction of sp³-hybridized carbons (Fsp3) is 0.867. The van der Waals surface area contributed by atoms with E-state index in [2.05, 4.69) is 19.2 Å². The molecule has 1 rings (SSSR count). The van der Waals surface area contributed by atoms with E-state index in [1.165, 1.54) is 19.3 Å². The fourth-order valence-corrected chi connectivity index (χ4v) is 3.55. The van der Waals surface area contributed by atoms with E-state index in [1.54, 1.807) is 0 Å². The minimum absolute atomic E-state index is 0.0139. The van der Waals surface area contributed by atoms with Crippen molar-refractivity contribution in [3.05, 3.63) is 0 Å². The molecule has 1 fully saturated rings. The maximum absolute atomic E-state index is 12.4. The van der Waals surface area contributed by atoms with Crippen molar-refractivity contribution >= 4 is 23.1 Å². The van der Waals surface area contributed by atoms with Gasteiger partial charge in [-0.15, -0.1) is 0 Å². The lowest BCUT2D eigenvalue weighted by molar-refractivity contribution is -0.125. The van der Waals surface area contributed by atoms with Crippen molar-refractivity contribution in [1.29, 1.82) is 0 Å². The van der Waals surface area contributed by atoms with Gasteiger partial charge >= 0.3 is 0 Å². The van der Waals surface area contributed by atoms with Crippen LogP contribution < -0.4 is 11.1 Å². The molecule has 0 aromatic carbocycles. The van der Waals surface area contributed by atoms with E-state index in [9.17, 15) is 4.79 Å². The van der Waals surface area contributed by atoms with Crippen LogP contribution in [0.5, 0.6) is 0 Å². The molecule has 0 aromatic rings. The smallest absolute Gasteiger partial charge is 0.230 e. The van der Waals surface area contributed by atoms with Crippen molar-refractivity contribution in [2.24, 2.45) is 29.4 Å². The molecule has 0 saturated heterocycles. The number of hydrogen-bond acceptors (Lipinski definition) is 2. The van der Waals surface area contributed by atoms with Crippen LogP contribution in [0.2, 0.25) is 0 Å². The third-order valence-electron chi connectivity index (χ3n) is 4.26. The second kappa shape index (κ2) is 7.22. The Morgan fingerprint density at radius 2 is 1.79 bits per heavy atom. The molecule has 110 valence electrons. The SMILES string of the molecule is CC(C)C(C(=O)NC1CCCCC1C(C)C)C(N)=S. The molecule has 0 spiro atoms. The van der Waals surface area contributed by atoms with Crippen molar-refractivity contribution in [2.75, 3.05) is 0 Å². The lowest BCUT2D eigenvalue weighted by Crippen LogP contribution is -2.49. The van der Waals surface area contributed by atoms with Crippen LogP contribution >= 0.6 is 12.2 Å². The van der Waals surface area contributed by atoms with Crippen molar-refractivity contribution < 1.29 is 4.79 Å². The number of carbonyl (C=O) groups is 1. The molecule has 3 N–H and O–H groups in total. The number of hydrogen-bond donors (Lipinski definition) is 2. The van der Waals surface area contributed by atoms with E-state index in [4.69, 9.17) is 18.0 Å². The number of rotatable bonds is 5. The predicted molar refractivity (Wildman–Crippen MR) is 83.8 cm³/mol. The first-order chi connectivity index (χ1) is 8.84. The Labute approximate surface area is 122 Å². The molecule has 1 amide bonds. The van der Waals surface area contributed by atoms with E-state index >= 15 is 0 Å². The van der Waals surface area contributed by atoms with Crippen molar-refractivity contribution in [3.8, 4) is 0 Å². The molecule has 3 nitrogen and oxygen atoms in total. The first-order valence-electron chi connectivity index (χ1n) is 7.44. The van der Waals surface area contributed by atoms with Crippen LogP contribution in [0.15, 0.2) is 0 Å². The Morgan fingerprint density at radius 1 is 1.21 bits per heavy atom. The third-order valence-corrected chi connectivity index (χ3v) is 4.51. The van der Waals surface area contributed by atoms with Crippen LogP contribution in [0.1, 0.15) is 53.4 Å². The normalized spacial score (nSPS) is 25.4. The third kappa shape index (κ3) is 4.44. The second-order valence-electron chi connectivity index (χ2n) is 6.43. The Morgan fingerprint density at radius 3 is 2.26 bits per heavy atom. The van der Waals surface area contributed by atoms with Gasteiger partial charge in [0.05, 0.1) is 10.9 Å². The highest BCUT2D eigenvalue weighted by molar-refractivity contribution is 7.80. The van der Waals surface area contributed by atoms with Gasteiger partial charge in [-0.2, -0.15) is 0 Å². The summed E-state index contributed by atoms with van der Waals surface area (Å²) in [6.07, 6.45) is 4.77. The van der Waals surface area contributed by atoms with Gasteiger partial charge in [0.2, 0.25) is 5.91 Å². The number of amides is 1. The van der Waals surface area contributed by atoms with Crippen molar-refractivity contribution in [2.45, 2.75) is 59.4 Å². The highest BCUT2D eigenvalue weighted by atomic mass is 32.1. The quantitative estimate of drug-likeness (QED) is 0.763. The number of thiocarbonyl (C=S) groups is 1. The number of nitrogens with one attached hydrogen (secondary N) is 1. The first-order valence-corrected chi connectivity index (χ1v) is 7.85. The zero-order valence-electron chi connectivity index (χ0n) is 12.6. The molecule has 0 heterocycles. The molecule has 0 aromatic heterocycles. The van der Waals surface area contributed by atoms with Gasteiger partial charge in [-0.25, -0.2) is 0 Å². The Kier molecular flexibility index (Phi) is 6.24. The van der Waals surface area contributed by atoms with Gasteiger partial charge < -0.3 is 11.1 Å². The Balaban J connectivity index is 2.70. The van der Waals surface area contributed by atoms with Crippen molar-refractivity contribution in [1.82, 2.24) is 5.32 Å². The number of carbonyl (C=O) groups excluding carboxylic acids is 1. The standard InChI is InChI=1S/C15H28N2OS/c1-9(2)11-7-5-6-8-12(11)17-15(18)13(10(3)4)14(16)19/h9-13H,5-8H2,1-4H3,(H2,16,19)(H,17,18). The molecule has 0 aliphatic heterocycles. The summed E-state index contributed by atoms with van der Waals surface area (Å²) in [7, 11) is 0.